The first-order valence-electron chi connectivity index (χ1n) is 18.9. The number of aliphatic hydroxyl groups excluding tert-OH is 1. The summed E-state index contributed by atoms with van der Waals surface area (Å²) in [6.45, 7) is 9.39. The molecule has 3 unspecified atom stereocenters. The van der Waals surface area contributed by atoms with Gasteiger partial charge in [0.2, 0.25) is 5.91 Å². The van der Waals surface area contributed by atoms with Crippen LogP contribution in [0, 0.1) is 11.8 Å². The Morgan fingerprint density at radius 2 is 1.61 bits per heavy atom. The zero-order valence-electron chi connectivity index (χ0n) is 32.8. The summed E-state index contributed by atoms with van der Waals surface area (Å²) in [7, 11) is 1.00. The standard InChI is InChI=1S/C32H40F3N3O5.C5H3F3OS.C2H6.CH4O/c1-3-8-26-24(10-7-16-38(26)31(42)29-25(32(33,34)35)11-6-15-36-29)30(41)37-17-13-22(14-18-37)23-9-4-5-12-27(23)43-20-21(2)19-28(39)40;6-5(7,8)4-1-3(9)2-10-4;2*1-2/h4-6,9,11-12,15,21-22,24,26H,3,7-8,10,13-14,16-20H2,1-2H3,(H,39,40);1-2,9H;1-2H3;2H,1H3. The highest BCUT2D eigenvalue weighted by Gasteiger charge is 2.43. The largest absolute Gasteiger partial charge is 0.507 e. The molecule has 0 spiro atoms. The van der Waals surface area contributed by atoms with E-state index in [1.54, 1.807) is 0 Å². The maximum atomic E-state index is 13.9. The molecule has 1 aromatic carbocycles. The van der Waals surface area contributed by atoms with Crippen molar-refractivity contribution in [2.24, 2.45) is 11.8 Å². The van der Waals surface area contributed by atoms with Crippen molar-refractivity contribution in [3.8, 4) is 11.5 Å². The Bertz CT molecular complexity index is 1700. The van der Waals surface area contributed by atoms with Crippen LogP contribution in [0.1, 0.15) is 105 Å². The Labute approximate surface area is 333 Å². The molecule has 2 aromatic heterocycles. The first kappa shape index (κ1) is 48.8. The number of carboxylic acids is 1. The van der Waals surface area contributed by atoms with Crippen LogP contribution in [0.25, 0.3) is 0 Å². The molecule has 10 nitrogen and oxygen atoms in total. The number of aliphatic carboxylic acids is 1. The second-order valence-corrected chi connectivity index (χ2v) is 14.2. The number of amides is 2. The van der Waals surface area contributed by atoms with Gasteiger partial charge < -0.3 is 29.9 Å². The molecule has 3 N–H and O–H groups in total. The van der Waals surface area contributed by atoms with E-state index in [4.69, 9.17) is 20.1 Å². The number of hydrogen-bond donors (Lipinski definition) is 3. The van der Waals surface area contributed by atoms with Gasteiger partial charge in [0.15, 0.2) is 0 Å². The summed E-state index contributed by atoms with van der Waals surface area (Å²) < 4.78 is 82.1. The molecule has 2 aliphatic heterocycles. The van der Waals surface area contributed by atoms with E-state index in [-0.39, 0.29) is 36.5 Å². The van der Waals surface area contributed by atoms with Gasteiger partial charge in [-0.05, 0) is 61.8 Å². The number of pyridine rings is 1. The molecule has 57 heavy (non-hydrogen) atoms. The summed E-state index contributed by atoms with van der Waals surface area (Å²) in [6, 6.07) is 9.95. The minimum atomic E-state index is -4.71. The van der Waals surface area contributed by atoms with Crippen molar-refractivity contribution in [1.82, 2.24) is 14.8 Å². The first-order valence-corrected chi connectivity index (χ1v) is 19.7. The number of carbonyl (C=O) groups is 3. The topological polar surface area (TPSA) is 140 Å². The van der Waals surface area contributed by atoms with E-state index in [0.717, 1.165) is 29.9 Å². The number of aromatic nitrogens is 1. The van der Waals surface area contributed by atoms with Crippen LogP contribution in [0.15, 0.2) is 54.0 Å². The predicted molar refractivity (Wildman–Crippen MR) is 204 cm³/mol. The Kier molecular flexibility index (Phi) is 19.8. The summed E-state index contributed by atoms with van der Waals surface area (Å²) in [4.78, 5) is 44.7. The molecular formula is C40H53F6N3O7S. The highest BCUT2D eigenvalue weighted by atomic mass is 32.1. The average Bonchev–Trinajstić information content (AvgIpc) is 3.65. The van der Waals surface area contributed by atoms with E-state index in [1.807, 2.05) is 56.9 Å². The molecule has 0 saturated carbocycles. The van der Waals surface area contributed by atoms with Crippen molar-refractivity contribution in [1.29, 1.82) is 0 Å². The van der Waals surface area contributed by atoms with Gasteiger partial charge >= 0.3 is 18.3 Å². The molecule has 0 bridgehead atoms. The molecule has 2 fully saturated rings. The predicted octanol–water partition coefficient (Wildman–Crippen LogP) is 9.12. The number of thiophene rings is 1. The van der Waals surface area contributed by atoms with Crippen LogP contribution in [0.5, 0.6) is 11.5 Å². The second-order valence-electron chi connectivity index (χ2n) is 13.3. The lowest BCUT2D eigenvalue weighted by atomic mass is 9.83. The summed E-state index contributed by atoms with van der Waals surface area (Å²) in [6.07, 6.45) is -4.11. The van der Waals surface area contributed by atoms with Gasteiger partial charge in [-0.15, -0.1) is 11.3 Å². The molecule has 0 aliphatic carbocycles. The molecule has 2 saturated heterocycles. The van der Waals surface area contributed by atoms with Gasteiger partial charge in [0.1, 0.15) is 22.1 Å². The van der Waals surface area contributed by atoms with E-state index in [0.29, 0.717) is 75.6 Å². The number of alkyl halides is 6. The molecule has 4 heterocycles. The Morgan fingerprint density at radius 3 is 2.16 bits per heavy atom. The minimum absolute atomic E-state index is 0.0250. The lowest BCUT2D eigenvalue weighted by Gasteiger charge is -2.43. The number of ether oxygens (including phenoxy) is 1. The third kappa shape index (κ3) is 14.2. The molecule has 3 aromatic rings. The number of halogens is 6. The van der Waals surface area contributed by atoms with Gasteiger partial charge in [-0.2, -0.15) is 26.3 Å². The number of nitrogens with zero attached hydrogens (tertiary/aromatic N) is 3. The maximum absolute atomic E-state index is 13.9. The van der Waals surface area contributed by atoms with Crippen molar-refractivity contribution in [2.45, 2.75) is 97.0 Å². The fourth-order valence-electron chi connectivity index (χ4n) is 6.85. The van der Waals surface area contributed by atoms with Crippen LogP contribution in [0.2, 0.25) is 0 Å². The lowest BCUT2D eigenvalue weighted by Crippen LogP contribution is -2.54. The number of hydrogen-bond acceptors (Lipinski definition) is 8. The van der Waals surface area contributed by atoms with Gasteiger partial charge in [0, 0.05) is 56.3 Å². The van der Waals surface area contributed by atoms with E-state index in [2.05, 4.69) is 4.98 Å². The minimum Gasteiger partial charge on any atom is -0.507 e. The summed E-state index contributed by atoms with van der Waals surface area (Å²) in [5.74, 6) is -1.78. The quantitative estimate of drug-likeness (QED) is 0.172. The van der Waals surface area contributed by atoms with Crippen LogP contribution in [-0.2, 0) is 21.9 Å². The molecule has 3 atom stereocenters. The van der Waals surface area contributed by atoms with Crippen LogP contribution in [-0.4, -0.2) is 87.3 Å². The van der Waals surface area contributed by atoms with E-state index in [1.165, 1.54) is 17.2 Å². The number of para-hydroxylation sites is 1. The number of aromatic hydroxyl groups is 1. The SMILES string of the molecule is CC.CCCC1C(C(=O)N2CCC(c3ccccc3OCC(C)CC(=O)O)CC2)CCCN1C(=O)c1ncccc1C(F)(F)F.CO.Oc1csc(C(F)(F)F)c1. The third-order valence-electron chi connectivity index (χ3n) is 9.33. The summed E-state index contributed by atoms with van der Waals surface area (Å²) >= 11 is 0.481. The van der Waals surface area contributed by atoms with Crippen LogP contribution < -0.4 is 4.74 Å². The Morgan fingerprint density at radius 1 is 0.965 bits per heavy atom. The highest BCUT2D eigenvalue weighted by Crippen LogP contribution is 2.38. The number of carboxylic acid groups (broad SMARTS) is 1. The number of rotatable bonds is 10. The van der Waals surface area contributed by atoms with Gasteiger partial charge in [0.25, 0.3) is 5.91 Å². The smallest absolute Gasteiger partial charge is 0.425 e. The number of likely N-dealkylation sites (tertiary alicyclic amines) is 2. The zero-order chi connectivity index (χ0) is 42.9. The third-order valence-corrected chi connectivity index (χ3v) is 10.3. The molecule has 318 valence electrons. The van der Waals surface area contributed by atoms with Crippen molar-refractivity contribution in [2.75, 3.05) is 33.4 Å². The molecular weight excluding hydrogens is 781 g/mol. The van der Waals surface area contributed by atoms with Crippen molar-refractivity contribution in [3.05, 3.63) is 75.7 Å². The highest BCUT2D eigenvalue weighted by molar-refractivity contribution is 7.10. The zero-order valence-corrected chi connectivity index (χ0v) is 33.6. The number of piperidine rings is 2. The van der Waals surface area contributed by atoms with E-state index < -0.39 is 52.3 Å². The van der Waals surface area contributed by atoms with Gasteiger partial charge in [-0.3, -0.25) is 19.4 Å². The van der Waals surface area contributed by atoms with Crippen molar-refractivity contribution < 1.29 is 60.8 Å². The van der Waals surface area contributed by atoms with Crippen LogP contribution in [0.3, 0.4) is 0 Å². The fraction of sp³-hybridized carbons (Fsp3) is 0.550. The fourth-order valence-corrected chi connectivity index (χ4v) is 7.49. The van der Waals surface area contributed by atoms with E-state index in [9.17, 15) is 40.7 Å². The molecule has 2 amide bonds. The lowest BCUT2D eigenvalue weighted by molar-refractivity contribution is -0.141. The molecule has 2 aliphatic rings. The van der Waals surface area contributed by atoms with Gasteiger partial charge in [-0.25, -0.2) is 0 Å². The van der Waals surface area contributed by atoms with Crippen molar-refractivity contribution in [3.63, 3.8) is 0 Å². The molecule has 17 heteroatoms. The maximum Gasteiger partial charge on any atom is 0.425 e. The van der Waals surface area contributed by atoms with E-state index >= 15 is 0 Å². The van der Waals surface area contributed by atoms with Crippen LogP contribution in [0.4, 0.5) is 26.3 Å². The second kappa shape index (κ2) is 23.1. The number of benzene rings is 1. The number of aliphatic hydroxyl groups is 1. The summed E-state index contributed by atoms with van der Waals surface area (Å²) in [5.41, 5.74) is -0.652. The monoisotopic (exact) mass is 833 g/mol. The Balaban J connectivity index is 0.000000683. The summed E-state index contributed by atoms with van der Waals surface area (Å²) in [5, 5.41) is 25.6. The van der Waals surface area contributed by atoms with Crippen molar-refractivity contribution >= 4 is 29.1 Å². The van der Waals surface area contributed by atoms with Gasteiger partial charge in [0.05, 0.1) is 24.5 Å². The Hall–Kier alpha value is -4.38. The average molecular weight is 834 g/mol. The molecule has 0 radical (unpaired) electrons. The van der Waals surface area contributed by atoms with Gasteiger partial charge in [-0.1, -0.05) is 52.3 Å². The van der Waals surface area contributed by atoms with Crippen LogP contribution >= 0.6 is 11.3 Å². The molecule has 5 rings (SSSR count). The normalized spacial score (nSPS) is 17.8. The number of carbonyl (C=O) groups excluding carboxylic acids is 2. The first-order chi connectivity index (χ1) is 27.0.